The van der Waals surface area contributed by atoms with Gasteiger partial charge in [-0.15, -0.1) is 0 Å². The predicted octanol–water partition coefficient (Wildman–Crippen LogP) is 4.76. The fourth-order valence-corrected chi connectivity index (χ4v) is 4.50. The second-order valence-corrected chi connectivity index (χ2v) is 9.66. The minimum absolute atomic E-state index is 0.172. The lowest BCUT2D eigenvalue weighted by molar-refractivity contribution is -0.281. The van der Waals surface area contributed by atoms with Crippen LogP contribution in [-0.4, -0.2) is 54.9 Å². The summed E-state index contributed by atoms with van der Waals surface area (Å²) in [5, 5.41) is 14.2. The van der Waals surface area contributed by atoms with Crippen LogP contribution in [-0.2, 0) is 37.0 Å². The van der Waals surface area contributed by atoms with Gasteiger partial charge in [0.25, 0.3) is 0 Å². The molecule has 1 fully saturated rings. The zero-order valence-electron chi connectivity index (χ0n) is 22.2. The fourth-order valence-electron chi connectivity index (χ4n) is 4.50. The monoisotopic (exact) mass is 513 g/mol. The third-order valence-corrected chi connectivity index (χ3v) is 6.50. The average Bonchev–Trinajstić information content (AvgIpc) is 2.91. The molecular formula is C30H43NO6. The Balaban J connectivity index is 1.66. The molecule has 0 unspecified atom stereocenters. The van der Waals surface area contributed by atoms with E-state index in [2.05, 4.69) is 12.2 Å². The first-order valence-electron chi connectivity index (χ1n) is 13.6. The summed E-state index contributed by atoms with van der Waals surface area (Å²) in [7, 11) is 0. The van der Waals surface area contributed by atoms with Gasteiger partial charge in [-0.3, -0.25) is 4.79 Å². The van der Waals surface area contributed by atoms with Crippen molar-refractivity contribution >= 4 is 5.91 Å². The number of amides is 1. The van der Waals surface area contributed by atoms with E-state index in [1.807, 2.05) is 60.7 Å². The predicted molar refractivity (Wildman–Crippen MR) is 143 cm³/mol. The minimum Gasteiger partial charge on any atom is -0.388 e. The zero-order valence-corrected chi connectivity index (χ0v) is 22.2. The van der Waals surface area contributed by atoms with Gasteiger partial charge >= 0.3 is 0 Å². The smallest absolute Gasteiger partial charge is 0.217 e. The Bertz CT molecular complexity index is 880. The molecule has 2 N–H and O–H groups in total. The van der Waals surface area contributed by atoms with Crippen LogP contribution in [0.2, 0.25) is 0 Å². The lowest BCUT2D eigenvalue weighted by Crippen LogP contribution is -2.65. The van der Waals surface area contributed by atoms with Crippen LogP contribution >= 0.6 is 0 Å². The maximum absolute atomic E-state index is 12.1. The first-order chi connectivity index (χ1) is 18.1. The van der Waals surface area contributed by atoms with Crippen LogP contribution < -0.4 is 5.32 Å². The van der Waals surface area contributed by atoms with Gasteiger partial charge in [-0.1, -0.05) is 99.7 Å². The van der Waals surface area contributed by atoms with Gasteiger partial charge in [0.15, 0.2) is 6.29 Å². The maximum atomic E-state index is 12.1. The van der Waals surface area contributed by atoms with Crippen molar-refractivity contribution in [1.82, 2.24) is 5.32 Å². The van der Waals surface area contributed by atoms with Crippen LogP contribution in [0.15, 0.2) is 60.7 Å². The molecule has 37 heavy (non-hydrogen) atoms. The van der Waals surface area contributed by atoms with E-state index in [1.54, 1.807) is 0 Å². The van der Waals surface area contributed by atoms with Gasteiger partial charge < -0.3 is 29.4 Å². The Labute approximate surface area is 221 Å². The first kappa shape index (κ1) is 29.3. The summed E-state index contributed by atoms with van der Waals surface area (Å²) in [6, 6.07) is 19.0. The summed E-state index contributed by atoms with van der Waals surface area (Å²) in [5.74, 6) is -0.235. The summed E-state index contributed by atoms with van der Waals surface area (Å²) in [6.07, 6.45) is 3.70. The number of nitrogens with one attached hydrogen (secondary N) is 1. The third-order valence-electron chi connectivity index (χ3n) is 6.50. The number of aliphatic hydroxyl groups excluding tert-OH is 1. The molecule has 1 amide bonds. The minimum atomic E-state index is -1.01. The highest BCUT2D eigenvalue weighted by atomic mass is 16.7. The molecule has 0 aliphatic carbocycles. The number of hydrogen-bond donors (Lipinski definition) is 2. The van der Waals surface area contributed by atoms with Crippen molar-refractivity contribution < 1.29 is 28.8 Å². The fraction of sp³-hybridized carbons (Fsp3) is 0.567. The second-order valence-electron chi connectivity index (χ2n) is 9.66. The van der Waals surface area contributed by atoms with Crippen LogP contribution in [0.25, 0.3) is 0 Å². The van der Waals surface area contributed by atoms with Crippen LogP contribution in [0, 0.1) is 0 Å². The van der Waals surface area contributed by atoms with Gasteiger partial charge in [0.1, 0.15) is 24.4 Å². The van der Waals surface area contributed by atoms with Gasteiger partial charge in [-0.2, -0.15) is 0 Å². The summed E-state index contributed by atoms with van der Waals surface area (Å²) >= 11 is 0. The van der Waals surface area contributed by atoms with Crippen molar-refractivity contribution in [3.63, 3.8) is 0 Å². The largest absolute Gasteiger partial charge is 0.388 e. The molecule has 7 nitrogen and oxygen atoms in total. The molecule has 0 saturated carbocycles. The molecule has 0 radical (unpaired) electrons. The standard InChI is InChI=1S/C30H43NO6/c1-3-4-5-6-7-14-19-35-30-27(31-23(2)32)29(36-21-25-17-12-9-13-18-25)28(33)26(37-30)22-34-20-24-15-10-8-11-16-24/h8-13,15-18,26-30,33H,3-7,14,19-22H2,1-2H3,(H,31,32)/t26-,27-,28+,29-,30-/m1/s1. The van der Waals surface area contributed by atoms with Crippen LogP contribution in [0.5, 0.6) is 0 Å². The van der Waals surface area contributed by atoms with Crippen molar-refractivity contribution in [2.24, 2.45) is 0 Å². The third kappa shape index (κ3) is 10.2. The zero-order chi connectivity index (χ0) is 26.3. The highest BCUT2D eigenvalue weighted by Gasteiger charge is 2.47. The van der Waals surface area contributed by atoms with E-state index >= 15 is 0 Å². The molecule has 2 aromatic carbocycles. The van der Waals surface area contributed by atoms with Crippen molar-refractivity contribution in [3.8, 4) is 0 Å². The lowest BCUT2D eigenvalue weighted by atomic mass is 9.96. The Morgan fingerprint density at radius 1 is 0.892 bits per heavy atom. The van der Waals surface area contributed by atoms with Crippen molar-refractivity contribution in [3.05, 3.63) is 71.8 Å². The van der Waals surface area contributed by atoms with E-state index in [0.29, 0.717) is 19.8 Å². The molecular weight excluding hydrogens is 470 g/mol. The summed E-state index contributed by atoms with van der Waals surface area (Å²) < 4.78 is 24.4. The second kappa shape index (κ2) is 16.5. The molecule has 1 saturated heterocycles. The Hall–Kier alpha value is -2.29. The Morgan fingerprint density at radius 3 is 2.16 bits per heavy atom. The van der Waals surface area contributed by atoms with Crippen molar-refractivity contribution in [1.29, 1.82) is 0 Å². The topological polar surface area (TPSA) is 86.2 Å². The molecule has 2 aromatic rings. The Kier molecular flexibility index (Phi) is 13.1. The molecule has 5 atom stereocenters. The van der Waals surface area contributed by atoms with Crippen molar-refractivity contribution in [2.75, 3.05) is 13.2 Å². The average molecular weight is 514 g/mol. The number of rotatable bonds is 16. The molecule has 7 heteroatoms. The molecule has 1 heterocycles. The quantitative estimate of drug-likeness (QED) is 0.315. The number of unbranched alkanes of at least 4 members (excludes halogenated alkanes) is 5. The molecule has 0 spiro atoms. The van der Waals surface area contributed by atoms with Gasteiger partial charge in [-0.25, -0.2) is 0 Å². The number of benzene rings is 2. The van der Waals surface area contributed by atoms with E-state index in [4.69, 9.17) is 18.9 Å². The summed E-state index contributed by atoms with van der Waals surface area (Å²) in [5.41, 5.74) is 2.01. The molecule has 0 aromatic heterocycles. The van der Waals surface area contributed by atoms with Crippen LogP contribution in [0.1, 0.15) is 63.5 Å². The molecule has 1 aliphatic rings. The van der Waals surface area contributed by atoms with E-state index < -0.39 is 30.6 Å². The van der Waals surface area contributed by atoms with Gasteiger partial charge in [-0.05, 0) is 17.5 Å². The highest BCUT2D eigenvalue weighted by Crippen LogP contribution is 2.26. The van der Waals surface area contributed by atoms with E-state index in [-0.39, 0.29) is 12.5 Å². The number of carbonyl (C=O) groups is 1. The molecule has 1 aliphatic heterocycles. The molecule has 204 valence electrons. The SMILES string of the molecule is CCCCCCCCO[C@@H]1O[C@H](COCc2ccccc2)[C@H](O)[C@H](OCc2ccccc2)[C@H]1NC(C)=O. The van der Waals surface area contributed by atoms with E-state index in [9.17, 15) is 9.90 Å². The van der Waals surface area contributed by atoms with Crippen LogP contribution in [0.3, 0.4) is 0 Å². The van der Waals surface area contributed by atoms with E-state index in [0.717, 1.165) is 24.0 Å². The van der Waals surface area contributed by atoms with Gasteiger partial charge in [0, 0.05) is 13.5 Å². The van der Waals surface area contributed by atoms with Gasteiger partial charge in [0.05, 0.1) is 19.8 Å². The Morgan fingerprint density at radius 2 is 1.51 bits per heavy atom. The van der Waals surface area contributed by atoms with E-state index in [1.165, 1.54) is 32.6 Å². The number of carbonyl (C=O) groups excluding carboxylic acids is 1. The normalized spacial score (nSPS) is 23.6. The summed E-state index contributed by atoms with van der Waals surface area (Å²) in [6.45, 7) is 5.02. The molecule has 0 bridgehead atoms. The van der Waals surface area contributed by atoms with Crippen molar-refractivity contribution in [2.45, 2.75) is 96.2 Å². The molecule has 3 rings (SSSR count). The highest BCUT2D eigenvalue weighted by molar-refractivity contribution is 5.73. The number of ether oxygens (including phenoxy) is 4. The first-order valence-corrected chi connectivity index (χ1v) is 13.6. The number of aliphatic hydroxyl groups is 1. The maximum Gasteiger partial charge on any atom is 0.217 e. The summed E-state index contributed by atoms with van der Waals surface area (Å²) in [4.78, 5) is 12.1. The van der Waals surface area contributed by atoms with Gasteiger partial charge in [0.2, 0.25) is 5.91 Å². The lowest BCUT2D eigenvalue weighted by Gasteiger charge is -2.44. The number of hydrogen-bond acceptors (Lipinski definition) is 6. The van der Waals surface area contributed by atoms with Crippen LogP contribution in [0.4, 0.5) is 0 Å².